The van der Waals surface area contributed by atoms with Crippen LogP contribution in [-0.2, 0) is 6.54 Å². The zero-order valence-corrected chi connectivity index (χ0v) is 17.2. The van der Waals surface area contributed by atoms with Gasteiger partial charge in [0, 0.05) is 18.7 Å². The SMILES string of the molecule is CCn1c(-c2nonc2N)nc2c(C#CC(C)(C)O)nc(O[C@H]3CCC[C@H]3N)cc21. The maximum absolute atomic E-state index is 10.1. The standard InChI is InChI=1S/C20H25N7O3/c1-4-27-13-10-15(29-14-7-5-6-11(14)21)23-12(8-9-20(2,3)28)16(13)24-19(27)17-18(22)26-30-25-17/h10-11,14,28H,4-7,21H2,1-3H3,(H2,22,26)/t11-,14+/m1/s1. The average Bonchev–Trinajstić information content (AvgIpc) is 3.38. The minimum Gasteiger partial charge on any atom is -0.473 e. The van der Waals surface area contributed by atoms with Gasteiger partial charge < -0.3 is 25.9 Å². The Morgan fingerprint density at radius 1 is 1.33 bits per heavy atom. The highest BCUT2D eigenvalue weighted by atomic mass is 16.6. The number of hydrogen-bond acceptors (Lipinski definition) is 9. The molecule has 30 heavy (non-hydrogen) atoms. The summed E-state index contributed by atoms with van der Waals surface area (Å²) in [5.74, 6) is 6.79. The fourth-order valence-corrected chi connectivity index (χ4v) is 3.57. The lowest BCUT2D eigenvalue weighted by atomic mass is 10.1. The molecular formula is C20H25N7O3. The van der Waals surface area contributed by atoms with Gasteiger partial charge in [0.2, 0.25) is 5.88 Å². The largest absolute Gasteiger partial charge is 0.473 e. The molecule has 0 amide bonds. The number of anilines is 1. The minimum absolute atomic E-state index is 0.0268. The molecule has 0 aliphatic heterocycles. The molecule has 1 aliphatic carbocycles. The Bertz CT molecular complexity index is 1130. The zero-order chi connectivity index (χ0) is 21.5. The summed E-state index contributed by atoms with van der Waals surface area (Å²) in [6.45, 7) is 5.77. The maximum Gasteiger partial charge on any atom is 0.217 e. The van der Waals surface area contributed by atoms with E-state index in [4.69, 9.17) is 20.8 Å². The van der Waals surface area contributed by atoms with Gasteiger partial charge in [0.15, 0.2) is 17.3 Å². The summed E-state index contributed by atoms with van der Waals surface area (Å²) in [6, 6.07) is 1.79. The molecule has 0 radical (unpaired) electrons. The summed E-state index contributed by atoms with van der Waals surface area (Å²) >= 11 is 0. The topological polar surface area (TPSA) is 151 Å². The smallest absolute Gasteiger partial charge is 0.217 e. The van der Waals surface area contributed by atoms with Crippen LogP contribution in [0, 0.1) is 11.8 Å². The van der Waals surface area contributed by atoms with Crippen LogP contribution in [-0.4, -0.2) is 47.7 Å². The molecule has 1 fully saturated rings. The summed E-state index contributed by atoms with van der Waals surface area (Å²) in [5, 5.41) is 17.6. The molecule has 3 heterocycles. The third-order valence-electron chi connectivity index (χ3n) is 5.02. The number of aliphatic hydroxyl groups is 1. The summed E-state index contributed by atoms with van der Waals surface area (Å²) < 4.78 is 12.8. The first-order chi connectivity index (χ1) is 14.3. The first-order valence-corrected chi connectivity index (χ1v) is 9.94. The van der Waals surface area contributed by atoms with Gasteiger partial charge in [-0.25, -0.2) is 14.6 Å². The fourth-order valence-electron chi connectivity index (χ4n) is 3.57. The first kappa shape index (κ1) is 20.1. The molecule has 5 N–H and O–H groups in total. The summed E-state index contributed by atoms with van der Waals surface area (Å²) in [6.07, 6.45) is 2.73. The van der Waals surface area contributed by atoms with E-state index in [0.29, 0.717) is 35.2 Å². The minimum atomic E-state index is -1.19. The molecule has 4 rings (SSSR count). The van der Waals surface area contributed by atoms with E-state index in [9.17, 15) is 5.11 Å². The normalized spacial score (nSPS) is 19.1. The number of imidazole rings is 1. The molecule has 3 aromatic rings. The van der Waals surface area contributed by atoms with E-state index in [0.717, 1.165) is 24.8 Å². The Morgan fingerprint density at radius 2 is 2.13 bits per heavy atom. The molecule has 0 unspecified atom stereocenters. The second-order valence-corrected chi connectivity index (χ2v) is 7.91. The van der Waals surface area contributed by atoms with Crippen molar-refractivity contribution in [1.29, 1.82) is 0 Å². The number of hydrogen-bond donors (Lipinski definition) is 3. The van der Waals surface area contributed by atoms with Gasteiger partial charge in [-0.1, -0.05) is 5.92 Å². The number of aryl methyl sites for hydroxylation is 1. The van der Waals surface area contributed by atoms with Gasteiger partial charge in [-0.05, 0) is 56.3 Å². The molecule has 10 heteroatoms. The number of rotatable bonds is 4. The van der Waals surface area contributed by atoms with E-state index in [-0.39, 0.29) is 18.0 Å². The van der Waals surface area contributed by atoms with E-state index < -0.39 is 5.60 Å². The number of fused-ring (bicyclic) bond motifs is 1. The van der Waals surface area contributed by atoms with E-state index in [1.165, 1.54) is 0 Å². The Kier molecular flexibility index (Phi) is 5.09. The predicted molar refractivity (Wildman–Crippen MR) is 110 cm³/mol. The van der Waals surface area contributed by atoms with E-state index in [1.807, 2.05) is 17.6 Å². The molecule has 0 bridgehead atoms. The molecule has 1 saturated carbocycles. The monoisotopic (exact) mass is 411 g/mol. The van der Waals surface area contributed by atoms with Crippen LogP contribution in [0.15, 0.2) is 10.7 Å². The number of nitrogen functional groups attached to an aromatic ring is 1. The van der Waals surface area contributed by atoms with E-state index in [2.05, 4.69) is 32.1 Å². The van der Waals surface area contributed by atoms with Crippen LogP contribution in [0.25, 0.3) is 22.6 Å². The predicted octanol–water partition coefficient (Wildman–Crippen LogP) is 1.46. The Balaban J connectivity index is 1.90. The highest BCUT2D eigenvalue weighted by Crippen LogP contribution is 2.31. The van der Waals surface area contributed by atoms with Crippen LogP contribution >= 0.6 is 0 Å². The first-order valence-electron chi connectivity index (χ1n) is 9.94. The third kappa shape index (κ3) is 3.81. The van der Waals surface area contributed by atoms with Gasteiger partial charge in [-0.2, -0.15) is 0 Å². The quantitative estimate of drug-likeness (QED) is 0.542. The van der Waals surface area contributed by atoms with Gasteiger partial charge in [0.25, 0.3) is 0 Å². The van der Waals surface area contributed by atoms with Crippen molar-refractivity contribution in [2.45, 2.75) is 64.3 Å². The lowest BCUT2D eigenvalue weighted by Crippen LogP contribution is -2.33. The van der Waals surface area contributed by atoms with Crippen molar-refractivity contribution < 1.29 is 14.5 Å². The highest BCUT2D eigenvalue weighted by Gasteiger charge is 2.27. The van der Waals surface area contributed by atoms with Gasteiger partial charge in [-0.3, -0.25) is 0 Å². The number of aromatic nitrogens is 5. The van der Waals surface area contributed by atoms with Crippen LogP contribution in [0.2, 0.25) is 0 Å². The van der Waals surface area contributed by atoms with Crippen molar-refractivity contribution in [3.8, 4) is 29.2 Å². The van der Waals surface area contributed by atoms with Crippen molar-refractivity contribution in [2.75, 3.05) is 5.73 Å². The van der Waals surface area contributed by atoms with E-state index in [1.54, 1.807) is 13.8 Å². The highest BCUT2D eigenvalue weighted by molar-refractivity contribution is 5.86. The number of nitrogens with zero attached hydrogens (tertiary/aromatic N) is 5. The average molecular weight is 411 g/mol. The van der Waals surface area contributed by atoms with Crippen molar-refractivity contribution in [3.05, 3.63) is 11.8 Å². The van der Waals surface area contributed by atoms with Crippen LogP contribution < -0.4 is 16.2 Å². The van der Waals surface area contributed by atoms with Crippen molar-refractivity contribution in [2.24, 2.45) is 5.73 Å². The number of ether oxygens (including phenoxy) is 1. The zero-order valence-electron chi connectivity index (χ0n) is 17.2. The molecular weight excluding hydrogens is 386 g/mol. The Morgan fingerprint density at radius 3 is 2.73 bits per heavy atom. The summed E-state index contributed by atoms with van der Waals surface area (Å²) in [5.41, 5.74) is 12.9. The van der Waals surface area contributed by atoms with Crippen molar-refractivity contribution in [1.82, 2.24) is 24.8 Å². The summed E-state index contributed by atoms with van der Waals surface area (Å²) in [4.78, 5) is 9.23. The maximum atomic E-state index is 10.1. The van der Waals surface area contributed by atoms with Crippen LogP contribution in [0.3, 0.4) is 0 Å². The Labute approximate surface area is 173 Å². The van der Waals surface area contributed by atoms with Crippen molar-refractivity contribution >= 4 is 16.9 Å². The van der Waals surface area contributed by atoms with Gasteiger partial charge in [0.1, 0.15) is 22.9 Å². The third-order valence-corrected chi connectivity index (χ3v) is 5.02. The lowest BCUT2D eigenvalue weighted by Gasteiger charge is -2.17. The van der Waals surface area contributed by atoms with Crippen LogP contribution in [0.5, 0.6) is 5.88 Å². The molecule has 0 saturated heterocycles. The van der Waals surface area contributed by atoms with Gasteiger partial charge >= 0.3 is 0 Å². The molecule has 10 nitrogen and oxygen atoms in total. The molecule has 1 aliphatic rings. The van der Waals surface area contributed by atoms with E-state index >= 15 is 0 Å². The second kappa shape index (κ2) is 7.59. The van der Waals surface area contributed by atoms with Gasteiger partial charge in [0.05, 0.1) is 5.52 Å². The Hall–Kier alpha value is -3.16. The lowest BCUT2D eigenvalue weighted by molar-refractivity contribution is 0.143. The molecule has 158 valence electrons. The van der Waals surface area contributed by atoms with Crippen LogP contribution in [0.1, 0.15) is 45.7 Å². The number of nitrogens with two attached hydrogens (primary N) is 2. The molecule has 2 atom stereocenters. The fraction of sp³-hybridized carbons (Fsp3) is 0.500. The van der Waals surface area contributed by atoms with Crippen LogP contribution in [0.4, 0.5) is 5.82 Å². The number of pyridine rings is 1. The second-order valence-electron chi connectivity index (χ2n) is 7.91. The van der Waals surface area contributed by atoms with Crippen molar-refractivity contribution in [3.63, 3.8) is 0 Å². The molecule has 0 spiro atoms. The molecule has 0 aromatic carbocycles. The molecule has 3 aromatic heterocycles. The van der Waals surface area contributed by atoms with Gasteiger partial charge in [-0.15, -0.1) is 0 Å². The summed E-state index contributed by atoms with van der Waals surface area (Å²) in [7, 11) is 0.